The maximum absolute atomic E-state index is 8.50. The average Bonchev–Trinajstić information content (AvgIpc) is 1.63. The van der Waals surface area contributed by atoms with Gasteiger partial charge in [-0.3, -0.25) is 0 Å². The molecule has 3 N–H and O–H groups in total. The van der Waals surface area contributed by atoms with Gasteiger partial charge in [-0.1, -0.05) is 0 Å². The van der Waals surface area contributed by atoms with Crippen LogP contribution in [0, 0.1) is 0 Å². The summed E-state index contributed by atoms with van der Waals surface area (Å²) in [6.07, 6.45) is 0.413. The molecule has 0 spiro atoms. The van der Waals surface area contributed by atoms with E-state index >= 15 is 0 Å². The second-order valence-corrected chi connectivity index (χ2v) is 1.86. The second kappa shape index (κ2) is 3.79. The minimum Gasteiger partial charge on any atom is -0.396 e. The third kappa shape index (κ3) is 7.84. The Morgan fingerprint density at radius 2 is 2.00 bits per heavy atom. The second-order valence-electron chi connectivity index (χ2n) is 1.86. The van der Waals surface area contributed by atoms with Crippen molar-refractivity contribution < 1.29 is 20.1 Å². The van der Waals surface area contributed by atoms with Gasteiger partial charge in [0.25, 0.3) is 5.97 Å². The average molecular weight is 136 g/mol. The smallest absolute Gasteiger partial charge is 0.274 e. The molecule has 0 saturated heterocycles. The molecule has 56 valence electrons. The van der Waals surface area contributed by atoms with Crippen LogP contribution in [0.15, 0.2) is 0 Å². The highest BCUT2D eigenvalue weighted by atomic mass is 16.8. The molecule has 0 amide bonds. The Hall–Kier alpha value is -0.160. The summed E-state index contributed by atoms with van der Waals surface area (Å²) in [5, 5.41) is 25.2. The van der Waals surface area contributed by atoms with Gasteiger partial charge >= 0.3 is 0 Å². The first kappa shape index (κ1) is 8.84. The quantitative estimate of drug-likeness (QED) is 0.344. The van der Waals surface area contributed by atoms with E-state index in [4.69, 9.17) is 15.3 Å². The van der Waals surface area contributed by atoms with Gasteiger partial charge in [0.1, 0.15) is 0 Å². The summed E-state index contributed by atoms with van der Waals surface area (Å²) >= 11 is 0. The molecule has 0 saturated carbocycles. The Labute approximate surface area is 53.7 Å². The largest absolute Gasteiger partial charge is 0.396 e. The van der Waals surface area contributed by atoms with Crippen molar-refractivity contribution in [3.63, 3.8) is 0 Å². The minimum atomic E-state index is -2.06. The Bertz CT molecular complexity index is 65.8. The van der Waals surface area contributed by atoms with Crippen molar-refractivity contribution >= 4 is 0 Å². The van der Waals surface area contributed by atoms with Crippen LogP contribution in [-0.4, -0.2) is 34.5 Å². The zero-order chi connectivity index (χ0) is 7.33. The van der Waals surface area contributed by atoms with Gasteiger partial charge in [0.2, 0.25) is 0 Å². The molecule has 0 aromatic heterocycles. The molecule has 0 aromatic rings. The molecule has 4 heteroatoms. The van der Waals surface area contributed by atoms with Gasteiger partial charge in [0, 0.05) is 13.5 Å². The van der Waals surface area contributed by atoms with Gasteiger partial charge < -0.3 is 20.1 Å². The lowest BCUT2D eigenvalue weighted by atomic mass is 10.5. The molecule has 0 aromatic carbocycles. The molecule has 0 bridgehead atoms. The summed E-state index contributed by atoms with van der Waals surface area (Å²) in [6, 6.07) is 0. The Morgan fingerprint density at radius 1 is 1.44 bits per heavy atom. The normalized spacial score (nSPS) is 12.0. The molecule has 0 aliphatic carbocycles. The summed E-state index contributed by atoms with van der Waals surface area (Å²) in [4.78, 5) is 0. The van der Waals surface area contributed by atoms with E-state index in [1.54, 1.807) is 0 Å². The molecule has 4 nitrogen and oxygen atoms in total. The maximum Gasteiger partial charge on any atom is 0.274 e. The van der Waals surface area contributed by atoms with Crippen LogP contribution in [0.4, 0.5) is 0 Å². The standard InChI is InChI=1S/C5H12O4/c1-5(7,8)9-4-2-3-6/h6-8H,2-4H2,1H3. The molecule has 0 fully saturated rings. The van der Waals surface area contributed by atoms with Gasteiger partial charge in [-0.2, -0.15) is 0 Å². The zero-order valence-electron chi connectivity index (χ0n) is 5.37. The first-order valence-corrected chi connectivity index (χ1v) is 2.76. The number of rotatable bonds is 4. The number of hydrogen-bond acceptors (Lipinski definition) is 4. The van der Waals surface area contributed by atoms with Crippen LogP contribution in [0.2, 0.25) is 0 Å². The van der Waals surface area contributed by atoms with Gasteiger partial charge in [-0.15, -0.1) is 0 Å². The third-order valence-electron chi connectivity index (χ3n) is 0.678. The van der Waals surface area contributed by atoms with Gasteiger partial charge in [-0.25, -0.2) is 0 Å². The van der Waals surface area contributed by atoms with E-state index in [-0.39, 0.29) is 13.2 Å². The van der Waals surface area contributed by atoms with E-state index in [2.05, 4.69) is 4.74 Å². The fraction of sp³-hybridized carbons (Fsp3) is 1.00. The van der Waals surface area contributed by atoms with Gasteiger partial charge in [0.05, 0.1) is 6.61 Å². The van der Waals surface area contributed by atoms with Crippen LogP contribution in [-0.2, 0) is 4.74 Å². The Morgan fingerprint density at radius 3 is 2.33 bits per heavy atom. The first-order chi connectivity index (χ1) is 4.06. The Kier molecular flexibility index (Phi) is 3.72. The number of ether oxygens (including phenoxy) is 1. The highest BCUT2D eigenvalue weighted by Crippen LogP contribution is 1.98. The molecular formula is C5H12O4. The fourth-order valence-electron chi connectivity index (χ4n) is 0.330. The van der Waals surface area contributed by atoms with E-state index in [1.807, 2.05) is 0 Å². The van der Waals surface area contributed by atoms with E-state index in [0.29, 0.717) is 6.42 Å². The molecule has 9 heavy (non-hydrogen) atoms. The first-order valence-electron chi connectivity index (χ1n) is 2.76. The Balaban J connectivity index is 3.07. The predicted octanol–water partition coefficient (Wildman–Crippen LogP) is -0.956. The maximum atomic E-state index is 8.50. The highest BCUT2D eigenvalue weighted by Gasteiger charge is 2.13. The summed E-state index contributed by atoms with van der Waals surface area (Å²) in [5.41, 5.74) is 0. The monoisotopic (exact) mass is 136 g/mol. The SMILES string of the molecule is CC(O)(O)OCCCO. The molecule has 0 rings (SSSR count). The lowest BCUT2D eigenvalue weighted by molar-refractivity contribution is -0.325. The fourth-order valence-corrected chi connectivity index (χ4v) is 0.330. The molecule has 0 heterocycles. The third-order valence-corrected chi connectivity index (χ3v) is 0.678. The van der Waals surface area contributed by atoms with Gasteiger partial charge in [-0.05, 0) is 6.42 Å². The van der Waals surface area contributed by atoms with Crippen LogP contribution in [0.1, 0.15) is 13.3 Å². The number of aliphatic hydroxyl groups excluding tert-OH is 1. The highest BCUT2D eigenvalue weighted by molar-refractivity contribution is 4.37. The van der Waals surface area contributed by atoms with Crippen molar-refractivity contribution in [2.75, 3.05) is 13.2 Å². The lowest BCUT2D eigenvalue weighted by Gasteiger charge is -2.15. The van der Waals surface area contributed by atoms with Crippen molar-refractivity contribution in [2.24, 2.45) is 0 Å². The lowest BCUT2D eigenvalue weighted by Crippen LogP contribution is -2.27. The molecule has 0 aliphatic rings. The van der Waals surface area contributed by atoms with E-state index in [1.165, 1.54) is 0 Å². The topological polar surface area (TPSA) is 69.9 Å². The molecule has 0 atom stereocenters. The van der Waals surface area contributed by atoms with Gasteiger partial charge in [0.15, 0.2) is 0 Å². The van der Waals surface area contributed by atoms with Crippen molar-refractivity contribution in [3.05, 3.63) is 0 Å². The van der Waals surface area contributed by atoms with E-state index in [9.17, 15) is 0 Å². The van der Waals surface area contributed by atoms with Crippen LogP contribution in [0.3, 0.4) is 0 Å². The van der Waals surface area contributed by atoms with Crippen molar-refractivity contribution in [1.82, 2.24) is 0 Å². The zero-order valence-corrected chi connectivity index (χ0v) is 5.37. The summed E-state index contributed by atoms with van der Waals surface area (Å²) in [7, 11) is 0. The minimum absolute atomic E-state index is 0.00389. The molecule has 0 radical (unpaired) electrons. The van der Waals surface area contributed by atoms with E-state index < -0.39 is 5.97 Å². The predicted molar refractivity (Wildman–Crippen MR) is 30.5 cm³/mol. The van der Waals surface area contributed by atoms with Crippen LogP contribution >= 0.6 is 0 Å². The van der Waals surface area contributed by atoms with Crippen molar-refractivity contribution in [1.29, 1.82) is 0 Å². The summed E-state index contributed by atoms with van der Waals surface area (Å²) in [5.74, 6) is -2.06. The van der Waals surface area contributed by atoms with E-state index in [0.717, 1.165) is 6.92 Å². The van der Waals surface area contributed by atoms with Crippen molar-refractivity contribution in [2.45, 2.75) is 19.3 Å². The summed E-state index contributed by atoms with van der Waals surface area (Å²) < 4.78 is 4.42. The molecule has 0 aliphatic heterocycles. The number of hydrogen-bond donors (Lipinski definition) is 3. The summed E-state index contributed by atoms with van der Waals surface area (Å²) in [6.45, 7) is 1.26. The van der Waals surface area contributed by atoms with Crippen LogP contribution in [0.5, 0.6) is 0 Å². The molecular weight excluding hydrogens is 124 g/mol. The number of aliphatic hydroxyl groups is 3. The van der Waals surface area contributed by atoms with Crippen LogP contribution < -0.4 is 0 Å². The van der Waals surface area contributed by atoms with Crippen LogP contribution in [0.25, 0.3) is 0 Å². The van der Waals surface area contributed by atoms with Crippen molar-refractivity contribution in [3.8, 4) is 0 Å². The molecule has 0 unspecified atom stereocenters.